The molecule has 1 aliphatic carbocycles. The lowest BCUT2D eigenvalue weighted by Gasteiger charge is -2.14. The van der Waals surface area contributed by atoms with Crippen molar-refractivity contribution in [3.63, 3.8) is 0 Å². The Labute approximate surface area is 178 Å². The van der Waals surface area contributed by atoms with Crippen molar-refractivity contribution in [1.29, 1.82) is 0 Å². The van der Waals surface area contributed by atoms with Crippen LogP contribution in [0.25, 0.3) is 11.1 Å². The van der Waals surface area contributed by atoms with E-state index < -0.39 is 6.09 Å². The number of alkyl carbamates (subject to hydrolysis) is 1. The Balaban J connectivity index is 1.30. The Kier molecular flexibility index (Phi) is 5.86. The van der Waals surface area contributed by atoms with E-state index in [1.165, 1.54) is 33.4 Å². The quantitative estimate of drug-likeness (QED) is 0.462. The van der Waals surface area contributed by atoms with Crippen molar-refractivity contribution >= 4 is 6.09 Å². The minimum Gasteiger partial charge on any atom is -0.449 e. The van der Waals surface area contributed by atoms with E-state index in [1.54, 1.807) is 0 Å². The van der Waals surface area contributed by atoms with E-state index in [0.29, 0.717) is 19.6 Å². The summed E-state index contributed by atoms with van der Waals surface area (Å²) in [6.45, 7) is 4.95. The van der Waals surface area contributed by atoms with Gasteiger partial charge >= 0.3 is 6.09 Å². The molecule has 3 aromatic carbocycles. The van der Waals surface area contributed by atoms with Crippen LogP contribution in [-0.4, -0.2) is 19.2 Å². The Morgan fingerprint density at radius 1 is 0.933 bits per heavy atom. The molecule has 3 nitrogen and oxygen atoms in total. The van der Waals surface area contributed by atoms with Gasteiger partial charge in [-0.05, 0) is 53.3 Å². The third kappa shape index (κ3) is 4.09. The Morgan fingerprint density at radius 3 is 2.30 bits per heavy atom. The molecule has 3 aromatic rings. The lowest BCUT2D eigenvalue weighted by atomic mass is 9.98. The van der Waals surface area contributed by atoms with E-state index in [2.05, 4.69) is 61.3 Å². The molecule has 0 radical (unpaired) electrons. The maximum atomic E-state index is 12.2. The monoisotopic (exact) mass is 395 g/mol. The van der Waals surface area contributed by atoms with Gasteiger partial charge < -0.3 is 10.1 Å². The van der Waals surface area contributed by atoms with Gasteiger partial charge in [-0.1, -0.05) is 72.5 Å². The highest BCUT2D eigenvalue weighted by Gasteiger charge is 2.28. The lowest BCUT2D eigenvalue weighted by molar-refractivity contribution is 0.143. The minimum atomic E-state index is -0.398. The number of fused-ring (bicyclic) bond motifs is 3. The molecule has 3 heteroatoms. The van der Waals surface area contributed by atoms with Crippen LogP contribution in [0.3, 0.4) is 0 Å². The number of hydrogen-bond donors (Lipinski definition) is 1. The molecular weight excluding hydrogens is 370 g/mol. The Bertz CT molecular complexity index is 1090. The zero-order valence-electron chi connectivity index (χ0n) is 17.4. The van der Waals surface area contributed by atoms with Crippen LogP contribution < -0.4 is 5.32 Å². The second-order valence-corrected chi connectivity index (χ2v) is 7.55. The van der Waals surface area contributed by atoms with E-state index >= 15 is 0 Å². The fourth-order valence-corrected chi connectivity index (χ4v) is 3.92. The average Bonchev–Trinajstić information content (AvgIpc) is 3.09. The van der Waals surface area contributed by atoms with Crippen LogP contribution in [0, 0.1) is 25.7 Å². The highest BCUT2D eigenvalue weighted by molar-refractivity contribution is 5.79. The van der Waals surface area contributed by atoms with Crippen molar-refractivity contribution in [2.45, 2.75) is 26.2 Å². The van der Waals surface area contributed by atoms with Gasteiger partial charge in [0.25, 0.3) is 0 Å². The van der Waals surface area contributed by atoms with E-state index in [9.17, 15) is 4.79 Å². The molecule has 1 amide bonds. The summed E-state index contributed by atoms with van der Waals surface area (Å²) in [5.41, 5.74) is 8.36. The maximum absolute atomic E-state index is 12.2. The topological polar surface area (TPSA) is 38.3 Å². The standard InChI is InChI=1S/C27H25NO2/c1-19-10-9-12-21(20(19)2)11-7-8-17-28-27(29)30-18-26-24-15-5-3-13-22(24)23-14-4-6-16-25(23)26/h3-6,9-10,12-16,26H,8,17-18H2,1-2H3,(H,28,29). The molecule has 0 spiro atoms. The smallest absolute Gasteiger partial charge is 0.407 e. The van der Waals surface area contributed by atoms with Gasteiger partial charge in [0.15, 0.2) is 0 Å². The SMILES string of the molecule is Cc1cccc(C#CCCNC(=O)OCC2c3ccccc3-c3ccccc32)c1C. The van der Waals surface area contributed by atoms with E-state index in [-0.39, 0.29) is 5.92 Å². The van der Waals surface area contributed by atoms with Gasteiger partial charge in [0.2, 0.25) is 0 Å². The summed E-state index contributed by atoms with van der Waals surface area (Å²) in [5.74, 6) is 6.39. The zero-order valence-corrected chi connectivity index (χ0v) is 17.4. The number of hydrogen-bond acceptors (Lipinski definition) is 2. The molecule has 0 saturated heterocycles. The largest absolute Gasteiger partial charge is 0.449 e. The Morgan fingerprint density at radius 2 is 1.60 bits per heavy atom. The molecule has 1 N–H and O–H groups in total. The van der Waals surface area contributed by atoms with Crippen LogP contribution in [0.4, 0.5) is 4.79 Å². The molecular formula is C27H25NO2. The number of ether oxygens (including phenoxy) is 1. The summed E-state index contributed by atoms with van der Waals surface area (Å²) < 4.78 is 5.54. The molecule has 0 aliphatic heterocycles. The number of benzene rings is 3. The molecule has 0 heterocycles. The van der Waals surface area contributed by atoms with Crippen molar-refractivity contribution in [1.82, 2.24) is 5.32 Å². The van der Waals surface area contributed by atoms with Gasteiger partial charge in [0.05, 0.1) is 0 Å². The van der Waals surface area contributed by atoms with E-state index in [4.69, 9.17) is 4.74 Å². The summed E-state index contributed by atoms with van der Waals surface area (Å²) in [6.07, 6.45) is 0.183. The number of aryl methyl sites for hydroxylation is 1. The van der Waals surface area contributed by atoms with Crippen molar-refractivity contribution in [3.8, 4) is 23.0 Å². The maximum Gasteiger partial charge on any atom is 0.407 e. The van der Waals surface area contributed by atoms with Crippen LogP contribution in [-0.2, 0) is 4.74 Å². The molecule has 0 aromatic heterocycles. The fraction of sp³-hybridized carbons (Fsp3) is 0.222. The molecule has 0 unspecified atom stereocenters. The van der Waals surface area contributed by atoms with Crippen LogP contribution >= 0.6 is 0 Å². The van der Waals surface area contributed by atoms with Crippen LogP contribution in [0.2, 0.25) is 0 Å². The van der Waals surface area contributed by atoms with Crippen molar-refractivity contribution in [2.24, 2.45) is 0 Å². The lowest BCUT2D eigenvalue weighted by Crippen LogP contribution is -2.26. The van der Waals surface area contributed by atoms with Gasteiger partial charge in [0, 0.05) is 24.4 Å². The fourth-order valence-electron chi connectivity index (χ4n) is 3.92. The minimum absolute atomic E-state index is 0.0761. The van der Waals surface area contributed by atoms with Crippen molar-refractivity contribution < 1.29 is 9.53 Å². The second kappa shape index (κ2) is 8.88. The average molecular weight is 396 g/mol. The molecule has 0 saturated carbocycles. The normalized spacial score (nSPS) is 11.8. The van der Waals surface area contributed by atoms with Gasteiger partial charge in [-0.25, -0.2) is 4.79 Å². The molecule has 4 rings (SSSR count). The van der Waals surface area contributed by atoms with Crippen molar-refractivity contribution in [3.05, 3.63) is 94.5 Å². The predicted octanol–water partition coefficient (Wildman–Crippen LogP) is 5.58. The zero-order chi connectivity index (χ0) is 20.9. The summed E-state index contributed by atoms with van der Waals surface area (Å²) in [7, 11) is 0. The first-order valence-electron chi connectivity index (χ1n) is 10.3. The van der Waals surface area contributed by atoms with Gasteiger partial charge in [-0.15, -0.1) is 0 Å². The van der Waals surface area contributed by atoms with Crippen LogP contribution in [0.15, 0.2) is 66.7 Å². The summed E-state index contributed by atoms with van der Waals surface area (Å²) >= 11 is 0. The molecule has 150 valence electrons. The van der Waals surface area contributed by atoms with E-state index in [1.807, 2.05) is 36.4 Å². The number of rotatable bonds is 4. The molecule has 30 heavy (non-hydrogen) atoms. The summed E-state index contributed by atoms with van der Waals surface area (Å²) in [4.78, 5) is 12.2. The number of carbonyl (C=O) groups is 1. The highest BCUT2D eigenvalue weighted by Crippen LogP contribution is 2.44. The van der Waals surface area contributed by atoms with Crippen LogP contribution in [0.5, 0.6) is 0 Å². The molecule has 0 atom stereocenters. The number of nitrogens with one attached hydrogen (secondary N) is 1. The van der Waals surface area contributed by atoms with E-state index in [0.717, 1.165) is 5.56 Å². The predicted molar refractivity (Wildman–Crippen MR) is 120 cm³/mol. The second-order valence-electron chi connectivity index (χ2n) is 7.55. The third-order valence-electron chi connectivity index (χ3n) is 5.69. The molecule has 1 aliphatic rings. The summed E-state index contributed by atoms with van der Waals surface area (Å²) in [5, 5.41) is 2.80. The highest BCUT2D eigenvalue weighted by atomic mass is 16.5. The Hall–Kier alpha value is -3.51. The number of amides is 1. The van der Waals surface area contributed by atoms with Crippen molar-refractivity contribution in [2.75, 3.05) is 13.2 Å². The van der Waals surface area contributed by atoms with Gasteiger partial charge in [0.1, 0.15) is 6.61 Å². The molecule has 0 bridgehead atoms. The first-order valence-corrected chi connectivity index (χ1v) is 10.3. The van der Waals surface area contributed by atoms with Crippen LogP contribution in [0.1, 0.15) is 40.2 Å². The first kappa shape index (κ1) is 19.8. The van der Waals surface area contributed by atoms with Gasteiger partial charge in [-0.2, -0.15) is 0 Å². The van der Waals surface area contributed by atoms with Gasteiger partial charge in [-0.3, -0.25) is 0 Å². The third-order valence-corrected chi connectivity index (χ3v) is 5.69. The first-order chi connectivity index (χ1) is 14.6. The molecule has 0 fully saturated rings. The summed E-state index contributed by atoms with van der Waals surface area (Å²) in [6, 6.07) is 22.8. The number of carbonyl (C=O) groups excluding carboxylic acids is 1.